The molecule has 1 fully saturated rings. The number of hydrogen-bond donors (Lipinski definition) is 2. The molecule has 0 atom stereocenters. The molecule has 0 bridgehead atoms. The number of hydrogen-bond acceptors (Lipinski definition) is 4. The Bertz CT molecular complexity index is 691. The predicted molar refractivity (Wildman–Crippen MR) is 81.7 cm³/mol. The molecule has 0 aliphatic heterocycles. The number of nitrogens with zero attached hydrogens (tertiary/aromatic N) is 3. The Hall–Kier alpha value is -2.70. The fraction of sp³-hybridized carbons (Fsp3) is 0.375. The smallest absolute Gasteiger partial charge is 0.310 e. The molecule has 3 rings (SSSR count). The highest BCUT2D eigenvalue weighted by molar-refractivity contribution is 5.85. The van der Waals surface area contributed by atoms with E-state index in [1.165, 1.54) is 6.33 Å². The molecule has 0 spiro atoms. The van der Waals surface area contributed by atoms with Crippen LogP contribution in [0.5, 0.6) is 0 Å². The van der Waals surface area contributed by atoms with Crippen LogP contribution in [0.3, 0.4) is 0 Å². The third kappa shape index (κ3) is 3.23. The van der Waals surface area contributed by atoms with Gasteiger partial charge in [-0.1, -0.05) is 18.6 Å². The summed E-state index contributed by atoms with van der Waals surface area (Å²) in [6.07, 6.45) is 5.18. The molecule has 1 heterocycles. The topological polar surface area (TPSA) is 97.1 Å². The van der Waals surface area contributed by atoms with Crippen LogP contribution in [-0.2, 0) is 16.1 Å². The number of amides is 1. The molecule has 1 aromatic heterocycles. The minimum absolute atomic E-state index is 0.0549. The molecule has 1 amide bonds. The van der Waals surface area contributed by atoms with Gasteiger partial charge >= 0.3 is 5.97 Å². The molecule has 1 aliphatic carbocycles. The molecular weight excluding hydrogens is 296 g/mol. The average molecular weight is 314 g/mol. The van der Waals surface area contributed by atoms with Crippen molar-refractivity contribution in [2.24, 2.45) is 5.41 Å². The molecule has 1 aromatic carbocycles. The van der Waals surface area contributed by atoms with E-state index < -0.39 is 11.4 Å². The molecule has 0 unspecified atom stereocenters. The molecular formula is C16H18N4O3. The predicted octanol–water partition coefficient (Wildman–Crippen LogP) is 1.53. The van der Waals surface area contributed by atoms with Crippen molar-refractivity contribution in [3.05, 3.63) is 42.5 Å². The van der Waals surface area contributed by atoms with Crippen LogP contribution in [0.15, 0.2) is 36.9 Å². The van der Waals surface area contributed by atoms with E-state index in [9.17, 15) is 14.7 Å². The molecule has 120 valence electrons. The van der Waals surface area contributed by atoms with E-state index in [1.807, 2.05) is 24.3 Å². The van der Waals surface area contributed by atoms with Crippen molar-refractivity contribution in [2.75, 3.05) is 0 Å². The monoisotopic (exact) mass is 314 g/mol. The average Bonchev–Trinajstić information content (AvgIpc) is 3.03. The highest BCUT2D eigenvalue weighted by atomic mass is 16.4. The Morgan fingerprint density at radius 3 is 2.52 bits per heavy atom. The number of rotatable bonds is 6. The molecule has 1 saturated carbocycles. The summed E-state index contributed by atoms with van der Waals surface area (Å²) < 4.78 is 1.65. The fourth-order valence-corrected chi connectivity index (χ4v) is 2.75. The number of aliphatic carboxylic acids is 1. The van der Waals surface area contributed by atoms with Crippen LogP contribution in [0.4, 0.5) is 0 Å². The summed E-state index contributed by atoms with van der Waals surface area (Å²) in [5.41, 5.74) is 0.984. The van der Waals surface area contributed by atoms with Gasteiger partial charge in [0, 0.05) is 13.0 Å². The first-order valence-electron chi connectivity index (χ1n) is 7.53. The third-order valence-electron chi connectivity index (χ3n) is 4.37. The van der Waals surface area contributed by atoms with Gasteiger partial charge in [-0.3, -0.25) is 9.59 Å². The second kappa shape index (κ2) is 6.20. The lowest BCUT2D eigenvalue weighted by Crippen LogP contribution is -2.42. The van der Waals surface area contributed by atoms with Gasteiger partial charge in [0.15, 0.2) is 0 Å². The van der Waals surface area contributed by atoms with Crippen LogP contribution < -0.4 is 5.32 Å². The zero-order valence-corrected chi connectivity index (χ0v) is 12.6. The quantitative estimate of drug-likeness (QED) is 0.842. The molecule has 1 aliphatic rings. The minimum Gasteiger partial charge on any atom is -0.481 e. The first-order valence-corrected chi connectivity index (χ1v) is 7.53. The van der Waals surface area contributed by atoms with Crippen LogP contribution in [0, 0.1) is 5.41 Å². The van der Waals surface area contributed by atoms with Crippen molar-refractivity contribution in [1.29, 1.82) is 0 Å². The number of carboxylic acid groups (broad SMARTS) is 1. The fourth-order valence-electron chi connectivity index (χ4n) is 2.75. The Morgan fingerprint density at radius 1 is 1.26 bits per heavy atom. The van der Waals surface area contributed by atoms with E-state index in [0.717, 1.165) is 17.7 Å². The van der Waals surface area contributed by atoms with Crippen LogP contribution in [0.2, 0.25) is 0 Å². The Morgan fingerprint density at radius 2 is 2.00 bits per heavy atom. The van der Waals surface area contributed by atoms with Crippen molar-refractivity contribution in [1.82, 2.24) is 20.1 Å². The number of carbonyl (C=O) groups is 2. The molecule has 2 aromatic rings. The lowest BCUT2D eigenvalue weighted by Gasteiger charge is -2.36. The second-order valence-electron chi connectivity index (χ2n) is 5.90. The summed E-state index contributed by atoms with van der Waals surface area (Å²) >= 11 is 0. The van der Waals surface area contributed by atoms with Crippen molar-refractivity contribution in [2.45, 2.75) is 32.2 Å². The number of carboxylic acids is 1. The lowest BCUT2D eigenvalue weighted by atomic mass is 9.66. The summed E-state index contributed by atoms with van der Waals surface area (Å²) in [7, 11) is 0. The number of benzene rings is 1. The van der Waals surface area contributed by atoms with E-state index in [2.05, 4.69) is 15.4 Å². The van der Waals surface area contributed by atoms with Crippen LogP contribution in [0.1, 0.15) is 31.2 Å². The molecule has 23 heavy (non-hydrogen) atoms. The standard InChI is InChI=1S/C16H18N4O3/c21-14(8-16(15(22)23)6-1-7-16)18-9-12-2-4-13(5-3-12)20-11-17-10-19-20/h2-5,10-11H,1,6-9H2,(H,18,21)(H,22,23). The molecule has 0 radical (unpaired) electrons. The van der Waals surface area contributed by atoms with Gasteiger partial charge in [0.2, 0.25) is 5.91 Å². The molecule has 7 heteroatoms. The van der Waals surface area contributed by atoms with E-state index in [4.69, 9.17) is 0 Å². The highest BCUT2D eigenvalue weighted by Crippen LogP contribution is 2.44. The second-order valence-corrected chi connectivity index (χ2v) is 5.90. The van der Waals surface area contributed by atoms with Gasteiger partial charge in [0.1, 0.15) is 12.7 Å². The van der Waals surface area contributed by atoms with E-state index in [0.29, 0.717) is 19.4 Å². The maximum Gasteiger partial charge on any atom is 0.310 e. The SMILES string of the molecule is O=C(CC1(C(=O)O)CCC1)NCc1ccc(-n2cncn2)cc1. The largest absolute Gasteiger partial charge is 0.481 e. The zero-order chi connectivity index (χ0) is 16.3. The van der Waals surface area contributed by atoms with Gasteiger partial charge in [0.25, 0.3) is 0 Å². The summed E-state index contributed by atoms with van der Waals surface area (Å²) in [4.78, 5) is 27.1. The zero-order valence-electron chi connectivity index (χ0n) is 12.6. The van der Waals surface area contributed by atoms with Crippen molar-refractivity contribution >= 4 is 11.9 Å². The van der Waals surface area contributed by atoms with Crippen molar-refractivity contribution in [3.63, 3.8) is 0 Å². The van der Waals surface area contributed by atoms with Crippen LogP contribution >= 0.6 is 0 Å². The van der Waals surface area contributed by atoms with Crippen molar-refractivity contribution in [3.8, 4) is 5.69 Å². The van der Waals surface area contributed by atoms with Gasteiger partial charge in [-0.15, -0.1) is 0 Å². The van der Waals surface area contributed by atoms with Gasteiger partial charge in [-0.2, -0.15) is 5.10 Å². The third-order valence-corrected chi connectivity index (χ3v) is 4.37. The molecule has 2 N–H and O–H groups in total. The first-order chi connectivity index (χ1) is 11.1. The maximum absolute atomic E-state index is 12.0. The van der Waals surface area contributed by atoms with E-state index >= 15 is 0 Å². The Kier molecular flexibility index (Phi) is 4.10. The summed E-state index contributed by atoms with van der Waals surface area (Å²) in [5, 5.41) is 16.1. The highest BCUT2D eigenvalue weighted by Gasteiger charge is 2.45. The Labute approximate surface area is 133 Å². The Balaban J connectivity index is 1.54. The van der Waals surface area contributed by atoms with Gasteiger partial charge in [0.05, 0.1) is 11.1 Å². The first kappa shape index (κ1) is 15.2. The van der Waals surface area contributed by atoms with E-state index in [-0.39, 0.29) is 12.3 Å². The number of carbonyl (C=O) groups excluding carboxylic acids is 1. The normalized spacial score (nSPS) is 15.7. The van der Waals surface area contributed by atoms with Gasteiger partial charge < -0.3 is 10.4 Å². The molecule has 7 nitrogen and oxygen atoms in total. The van der Waals surface area contributed by atoms with Crippen molar-refractivity contribution < 1.29 is 14.7 Å². The van der Waals surface area contributed by atoms with E-state index in [1.54, 1.807) is 11.0 Å². The van der Waals surface area contributed by atoms with Crippen LogP contribution in [-0.4, -0.2) is 31.7 Å². The summed E-state index contributed by atoms with van der Waals surface area (Å²) in [6.45, 7) is 0.381. The van der Waals surface area contributed by atoms with Crippen LogP contribution in [0.25, 0.3) is 5.69 Å². The lowest BCUT2D eigenvalue weighted by molar-refractivity contribution is -0.157. The molecule has 0 saturated heterocycles. The summed E-state index contributed by atoms with van der Waals surface area (Å²) in [5.74, 6) is -1.08. The van der Waals surface area contributed by atoms with Gasteiger partial charge in [-0.05, 0) is 30.5 Å². The minimum atomic E-state index is -0.865. The number of aromatic nitrogens is 3. The maximum atomic E-state index is 12.0. The summed E-state index contributed by atoms with van der Waals surface area (Å²) in [6, 6.07) is 7.57. The number of nitrogens with one attached hydrogen (secondary N) is 1. The van der Waals surface area contributed by atoms with Gasteiger partial charge in [-0.25, -0.2) is 9.67 Å².